The molecule has 0 aromatic heterocycles. The Kier molecular flexibility index (Phi) is 5.01. The highest BCUT2D eigenvalue weighted by molar-refractivity contribution is 5.28. The van der Waals surface area contributed by atoms with E-state index in [1.54, 1.807) is 7.11 Å². The molecule has 1 aromatic rings. The molecule has 0 bridgehead atoms. The van der Waals surface area contributed by atoms with Gasteiger partial charge >= 0.3 is 0 Å². The van der Waals surface area contributed by atoms with E-state index >= 15 is 0 Å². The molecule has 1 aromatic carbocycles. The summed E-state index contributed by atoms with van der Waals surface area (Å²) in [5.41, 5.74) is 7.61. The monoisotopic (exact) mass is 235 g/mol. The number of hydrogen-bond donors (Lipinski definition) is 1. The molecule has 0 heterocycles. The predicted molar refractivity (Wildman–Crippen MR) is 73.4 cm³/mol. The molecule has 0 fully saturated rings. The van der Waals surface area contributed by atoms with E-state index < -0.39 is 0 Å². The van der Waals surface area contributed by atoms with Crippen LogP contribution in [0.15, 0.2) is 24.3 Å². The van der Waals surface area contributed by atoms with Crippen molar-refractivity contribution in [3.8, 4) is 5.75 Å². The SMILES string of the molecule is CCC(CC)C(C)(N)Cc1ccc(OC)cc1. The van der Waals surface area contributed by atoms with Crippen LogP contribution in [0.2, 0.25) is 0 Å². The lowest BCUT2D eigenvalue weighted by atomic mass is 9.78. The molecular weight excluding hydrogens is 210 g/mol. The van der Waals surface area contributed by atoms with Gasteiger partial charge in [-0.15, -0.1) is 0 Å². The summed E-state index contributed by atoms with van der Waals surface area (Å²) in [6.07, 6.45) is 3.20. The fourth-order valence-corrected chi connectivity index (χ4v) is 2.55. The highest BCUT2D eigenvalue weighted by Gasteiger charge is 2.27. The van der Waals surface area contributed by atoms with E-state index in [9.17, 15) is 0 Å². The zero-order valence-corrected chi connectivity index (χ0v) is 11.5. The molecule has 17 heavy (non-hydrogen) atoms. The highest BCUT2D eigenvalue weighted by Crippen LogP contribution is 2.26. The molecule has 0 aliphatic carbocycles. The zero-order valence-electron chi connectivity index (χ0n) is 11.5. The topological polar surface area (TPSA) is 35.2 Å². The van der Waals surface area contributed by atoms with Crippen molar-refractivity contribution < 1.29 is 4.74 Å². The van der Waals surface area contributed by atoms with E-state index in [0.29, 0.717) is 5.92 Å². The maximum Gasteiger partial charge on any atom is 0.118 e. The van der Waals surface area contributed by atoms with Crippen LogP contribution in [0.4, 0.5) is 0 Å². The lowest BCUT2D eigenvalue weighted by Crippen LogP contribution is -2.45. The van der Waals surface area contributed by atoms with Gasteiger partial charge in [-0.05, 0) is 37.0 Å². The summed E-state index contributed by atoms with van der Waals surface area (Å²) in [5.74, 6) is 1.47. The Morgan fingerprint density at radius 1 is 1.18 bits per heavy atom. The summed E-state index contributed by atoms with van der Waals surface area (Å²) >= 11 is 0. The van der Waals surface area contributed by atoms with Gasteiger partial charge in [0.25, 0.3) is 0 Å². The molecule has 0 aliphatic rings. The standard InChI is InChI=1S/C15H25NO/c1-5-13(6-2)15(3,16)11-12-7-9-14(17-4)10-8-12/h7-10,13H,5-6,11,16H2,1-4H3. The minimum Gasteiger partial charge on any atom is -0.497 e. The van der Waals surface area contributed by atoms with E-state index in [1.165, 1.54) is 5.56 Å². The van der Waals surface area contributed by atoms with Gasteiger partial charge in [-0.3, -0.25) is 0 Å². The van der Waals surface area contributed by atoms with Gasteiger partial charge in [0.05, 0.1) is 7.11 Å². The third-order valence-corrected chi connectivity index (χ3v) is 3.66. The van der Waals surface area contributed by atoms with E-state index in [1.807, 2.05) is 12.1 Å². The Labute approximate surface area is 105 Å². The summed E-state index contributed by atoms with van der Waals surface area (Å²) in [7, 11) is 1.69. The van der Waals surface area contributed by atoms with Gasteiger partial charge in [-0.2, -0.15) is 0 Å². The van der Waals surface area contributed by atoms with Gasteiger partial charge in [0.15, 0.2) is 0 Å². The van der Waals surface area contributed by atoms with Crippen LogP contribution in [0.25, 0.3) is 0 Å². The smallest absolute Gasteiger partial charge is 0.118 e. The number of nitrogens with two attached hydrogens (primary N) is 1. The van der Waals surface area contributed by atoms with Crippen molar-refractivity contribution in [2.75, 3.05) is 7.11 Å². The van der Waals surface area contributed by atoms with Gasteiger partial charge in [0, 0.05) is 5.54 Å². The summed E-state index contributed by atoms with van der Waals surface area (Å²) < 4.78 is 5.16. The number of methoxy groups -OCH3 is 1. The molecule has 0 radical (unpaired) electrons. The number of benzene rings is 1. The fourth-order valence-electron chi connectivity index (χ4n) is 2.55. The van der Waals surface area contributed by atoms with Crippen LogP contribution in [0.1, 0.15) is 39.2 Å². The quantitative estimate of drug-likeness (QED) is 0.820. The number of ether oxygens (including phenoxy) is 1. The Balaban J connectivity index is 2.74. The maximum absolute atomic E-state index is 6.45. The lowest BCUT2D eigenvalue weighted by molar-refractivity contribution is 0.275. The minimum absolute atomic E-state index is 0.127. The molecule has 1 unspecified atom stereocenters. The fraction of sp³-hybridized carbons (Fsp3) is 0.600. The van der Waals surface area contributed by atoms with Gasteiger partial charge in [-0.25, -0.2) is 0 Å². The molecule has 1 atom stereocenters. The number of rotatable bonds is 6. The van der Waals surface area contributed by atoms with Crippen LogP contribution in [0.3, 0.4) is 0 Å². The Bertz CT molecular complexity index is 325. The first-order chi connectivity index (χ1) is 8.03. The molecule has 2 heteroatoms. The van der Waals surface area contributed by atoms with Gasteiger partial charge in [0.1, 0.15) is 5.75 Å². The van der Waals surface area contributed by atoms with Crippen LogP contribution in [0.5, 0.6) is 5.75 Å². The highest BCUT2D eigenvalue weighted by atomic mass is 16.5. The average Bonchev–Trinajstić information content (AvgIpc) is 2.30. The van der Waals surface area contributed by atoms with Crippen molar-refractivity contribution >= 4 is 0 Å². The van der Waals surface area contributed by atoms with Crippen molar-refractivity contribution in [2.45, 2.75) is 45.6 Å². The van der Waals surface area contributed by atoms with E-state index in [0.717, 1.165) is 25.0 Å². The first-order valence-corrected chi connectivity index (χ1v) is 6.45. The summed E-state index contributed by atoms with van der Waals surface area (Å²) in [6, 6.07) is 8.20. The second-order valence-corrected chi connectivity index (χ2v) is 5.04. The predicted octanol–water partition coefficient (Wildman–Crippen LogP) is 3.39. The van der Waals surface area contributed by atoms with Crippen molar-refractivity contribution in [1.29, 1.82) is 0 Å². The lowest BCUT2D eigenvalue weighted by Gasteiger charge is -2.33. The summed E-state index contributed by atoms with van der Waals surface area (Å²) in [4.78, 5) is 0. The molecular formula is C15H25NO. The first kappa shape index (κ1) is 14.0. The zero-order chi connectivity index (χ0) is 12.9. The first-order valence-electron chi connectivity index (χ1n) is 6.45. The van der Waals surface area contributed by atoms with E-state index in [2.05, 4.69) is 32.9 Å². The minimum atomic E-state index is -0.127. The maximum atomic E-state index is 6.45. The van der Waals surface area contributed by atoms with Crippen LogP contribution in [-0.4, -0.2) is 12.6 Å². The molecule has 2 nitrogen and oxygen atoms in total. The molecule has 0 spiro atoms. The van der Waals surface area contributed by atoms with Crippen molar-refractivity contribution in [3.05, 3.63) is 29.8 Å². The molecule has 1 rings (SSSR count). The van der Waals surface area contributed by atoms with Crippen LogP contribution >= 0.6 is 0 Å². The molecule has 0 aliphatic heterocycles. The summed E-state index contributed by atoms with van der Waals surface area (Å²) in [5, 5.41) is 0. The van der Waals surface area contributed by atoms with Gasteiger partial charge in [-0.1, -0.05) is 38.8 Å². The second-order valence-electron chi connectivity index (χ2n) is 5.04. The molecule has 2 N–H and O–H groups in total. The Morgan fingerprint density at radius 3 is 2.12 bits per heavy atom. The largest absolute Gasteiger partial charge is 0.497 e. The van der Waals surface area contributed by atoms with Crippen molar-refractivity contribution in [2.24, 2.45) is 11.7 Å². The Morgan fingerprint density at radius 2 is 1.71 bits per heavy atom. The van der Waals surface area contributed by atoms with E-state index in [4.69, 9.17) is 10.5 Å². The molecule has 0 saturated heterocycles. The van der Waals surface area contributed by atoms with E-state index in [-0.39, 0.29) is 5.54 Å². The third kappa shape index (κ3) is 3.74. The molecule has 0 amide bonds. The third-order valence-electron chi connectivity index (χ3n) is 3.66. The van der Waals surface area contributed by atoms with Crippen LogP contribution in [-0.2, 0) is 6.42 Å². The van der Waals surface area contributed by atoms with Crippen LogP contribution in [0, 0.1) is 5.92 Å². The average molecular weight is 235 g/mol. The van der Waals surface area contributed by atoms with Crippen molar-refractivity contribution in [3.63, 3.8) is 0 Å². The van der Waals surface area contributed by atoms with Crippen LogP contribution < -0.4 is 10.5 Å². The molecule has 0 saturated carbocycles. The molecule has 96 valence electrons. The van der Waals surface area contributed by atoms with Crippen molar-refractivity contribution in [1.82, 2.24) is 0 Å². The van der Waals surface area contributed by atoms with Gasteiger partial charge < -0.3 is 10.5 Å². The number of hydrogen-bond acceptors (Lipinski definition) is 2. The second kappa shape index (κ2) is 6.06. The van der Waals surface area contributed by atoms with Gasteiger partial charge in [0.2, 0.25) is 0 Å². The normalized spacial score (nSPS) is 14.7. The Hall–Kier alpha value is -1.02. The summed E-state index contributed by atoms with van der Waals surface area (Å²) in [6.45, 7) is 6.59.